The van der Waals surface area contributed by atoms with Crippen LogP contribution in [0.15, 0.2) is 60.9 Å². The number of fused-ring (bicyclic) bond motifs is 4. The molecule has 3 heterocycles. The van der Waals surface area contributed by atoms with E-state index in [4.69, 9.17) is 33.6 Å². The number of carbonyl (C=O) groups excluding carboxylic acids is 4. The molecule has 2 amide bonds. The fourth-order valence-corrected chi connectivity index (χ4v) is 7.88. The van der Waals surface area contributed by atoms with Crippen LogP contribution in [0, 0.1) is 5.41 Å². The minimum atomic E-state index is -1.50. The molecule has 0 aromatic heterocycles. The Bertz CT molecular complexity index is 1700. The number of nitrogens with one attached hydrogen (secondary N) is 1. The van der Waals surface area contributed by atoms with Crippen LogP contribution in [0.3, 0.4) is 0 Å². The Kier molecular flexibility index (Phi) is 12.6. The number of esters is 2. The lowest BCUT2D eigenvalue weighted by Gasteiger charge is -2.50. The summed E-state index contributed by atoms with van der Waals surface area (Å²) in [4.78, 5) is 63.8. The van der Waals surface area contributed by atoms with E-state index in [1.165, 1.54) is 23.3 Å². The molecule has 55 heavy (non-hydrogen) atoms. The molecule has 0 spiro atoms. The zero-order valence-corrected chi connectivity index (χ0v) is 31.6. The lowest BCUT2D eigenvalue weighted by molar-refractivity contribution is -0.204. The number of hydrogen-bond acceptors (Lipinski definition) is 13. The third-order valence-corrected chi connectivity index (χ3v) is 10.4. The molecule has 298 valence electrons. The van der Waals surface area contributed by atoms with Gasteiger partial charge in [-0.1, -0.05) is 54.6 Å². The van der Waals surface area contributed by atoms with E-state index in [0.717, 1.165) is 16.7 Å². The van der Waals surface area contributed by atoms with Gasteiger partial charge in [-0.15, -0.1) is 0 Å². The highest BCUT2D eigenvalue weighted by atomic mass is 16.8. The summed E-state index contributed by atoms with van der Waals surface area (Å²) in [5.41, 5.74) is 0.237. The van der Waals surface area contributed by atoms with E-state index < -0.39 is 83.9 Å². The van der Waals surface area contributed by atoms with Crippen LogP contribution in [-0.4, -0.2) is 126 Å². The molecule has 2 aromatic carbocycles. The molecule has 3 aliphatic heterocycles. The Morgan fingerprint density at radius 3 is 2.47 bits per heavy atom. The van der Waals surface area contributed by atoms with Gasteiger partial charge >= 0.3 is 11.9 Å². The van der Waals surface area contributed by atoms with E-state index in [1.54, 1.807) is 26.8 Å². The SMILES string of the molecule is CN(C(=O)C12CC3OC(=O)C1N(Cc1ccc(C=COCCO)cc1)OC2C1OCOC31)C(Cc1ccccc1)C(=O)NC(CO)CCC(=O)OC(C)(C)C. The van der Waals surface area contributed by atoms with Crippen LogP contribution >= 0.6 is 0 Å². The average molecular weight is 766 g/mol. The molecule has 6 rings (SSSR count). The molecular weight excluding hydrogens is 714 g/mol. The Morgan fingerprint density at radius 1 is 1.05 bits per heavy atom. The number of aliphatic hydroxyl groups excluding tert-OH is 2. The maximum absolute atomic E-state index is 15.2. The van der Waals surface area contributed by atoms with Gasteiger partial charge in [0.05, 0.1) is 32.1 Å². The van der Waals surface area contributed by atoms with Crippen LogP contribution in [0.1, 0.15) is 56.7 Å². The summed E-state index contributed by atoms with van der Waals surface area (Å²) in [5, 5.41) is 23.5. The number of carbonyl (C=O) groups is 4. The van der Waals surface area contributed by atoms with E-state index in [1.807, 2.05) is 54.6 Å². The molecule has 8 unspecified atom stereocenters. The van der Waals surface area contributed by atoms with Crippen LogP contribution < -0.4 is 5.32 Å². The molecular formula is C40H51N3O12. The minimum Gasteiger partial charge on any atom is -0.499 e. The fourth-order valence-electron chi connectivity index (χ4n) is 7.88. The number of amides is 2. The Labute approximate surface area is 320 Å². The standard InChI is InChI=1S/C40H51N3O12/c1-39(2,3)54-31(46)15-14-28(23-45)41-36(47)29(20-26-8-6-5-7-9-26)42(4)38(49)40-21-30-32-33(52-24-51-32)35(40)55-43(34(40)37(48)53-30)22-27-12-10-25(11-13-27)16-18-50-19-17-44/h5-13,16,18,28-30,32-35,44-45H,14-15,17,19-24H2,1-4H3,(H,41,47). The van der Waals surface area contributed by atoms with E-state index in [9.17, 15) is 19.5 Å². The molecule has 1 aliphatic carbocycles. The second kappa shape index (κ2) is 17.2. The van der Waals surface area contributed by atoms with Crippen molar-refractivity contribution < 1.29 is 57.9 Å². The topological polar surface area (TPSA) is 183 Å². The van der Waals surface area contributed by atoms with Crippen molar-refractivity contribution in [3.05, 3.63) is 77.5 Å². The summed E-state index contributed by atoms with van der Waals surface area (Å²) >= 11 is 0. The van der Waals surface area contributed by atoms with Gasteiger partial charge in [0.2, 0.25) is 11.8 Å². The molecule has 0 radical (unpaired) electrons. The van der Waals surface area contributed by atoms with Crippen molar-refractivity contribution in [1.29, 1.82) is 0 Å². The first-order valence-corrected chi connectivity index (χ1v) is 18.6. The van der Waals surface area contributed by atoms with Gasteiger partial charge < -0.3 is 44.1 Å². The predicted octanol–water partition coefficient (Wildman–Crippen LogP) is 1.88. The highest BCUT2D eigenvalue weighted by Gasteiger charge is 2.75. The summed E-state index contributed by atoms with van der Waals surface area (Å²) < 4.78 is 28.4. The smallest absolute Gasteiger partial charge is 0.327 e. The average Bonchev–Trinajstić information content (AvgIpc) is 3.79. The number of benzene rings is 2. The van der Waals surface area contributed by atoms with Gasteiger partial charge in [-0.3, -0.25) is 24.0 Å². The number of aliphatic hydroxyl groups is 2. The second-order valence-corrected chi connectivity index (χ2v) is 15.4. The Morgan fingerprint density at radius 2 is 1.78 bits per heavy atom. The van der Waals surface area contributed by atoms with Crippen molar-refractivity contribution >= 4 is 29.8 Å². The van der Waals surface area contributed by atoms with E-state index in [-0.39, 0.29) is 52.2 Å². The number of rotatable bonds is 16. The summed E-state index contributed by atoms with van der Waals surface area (Å²) in [5.74, 6) is -2.13. The fraction of sp³-hybridized carbons (Fsp3) is 0.550. The number of likely N-dealkylation sites (N-methyl/N-ethyl adjacent to an activating group) is 1. The monoisotopic (exact) mass is 765 g/mol. The van der Waals surface area contributed by atoms with Crippen LogP contribution in [0.2, 0.25) is 0 Å². The first-order chi connectivity index (χ1) is 26.3. The highest BCUT2D eigenvalue weighted by Crippen LogP contribution is 2.56. The minimum absolute atomic E-state index is 0.0346. The highest BCUT2D eigenvalue weighted by molar-refractivity contribution is 5.96. The van der Waals surface area contributed by atoms with Crippen LogP contribution in [0.25, 0.3) is 6.08 Å². The second-order valence-electron chi connectivity index (χ2n) is 15.4. The number of nitrogens with zero attached hydrogens (tertiary/aromatic N) is 2. The van der Waals surface area contributed by atoms with Crippen molar-refractivity contribution in [3.63, 3.8) is 0 Å². The maximum atomic E-state index is 15.2. The summed E-state index contributed by atoms with van der Waals surface area (Å²) in [6, 6.07) is 13.7. The van der Waals surface area contributed by atoms with E-state index in [0.29, 0.717) is 0 Å². The molecule has 8 atom stereocenters. The maximum Gasteiger partial charge on any atom is 0.327 e. The lowest BCUT2D eigenvalue weighted by atomic mass is 9.62. The van der Waals surface area contributed by atoms with Gasteiger partial charge in [0.25, 0.3) is 0 Å². The molecule has 15 heteroatoms. The van der Waals surface area contributed by atoms with Gasteiger partial charge in [-0.25, -0.2) is 0 Å². The Balaban J connectivity index is 1.27. The third kappa shape index (κ3) is 8.87. The van der Waals surface area contributed by atoms with Gasteiger partial charge in [0.15, 0.2) is 6.04 Å². The summed E-state index contributed by atoms with van der Waals surface area (Å²) in [6.45, 7) is 5.00. The van der Waals surface area contributed by atoms with Crippen molar-refractivity contribution in [3.8, 4) is 0 Å². The summed E-state index contributed by atoms with van der Waals surface area (Å²) in [6.07, 6.45) is 0.473. The van der Waals surface area contributed by atoms with Gasteiger partial charge in [0.1, 0.15) is 54.9 Å². The van der Waals surface area contributed by atoms with Crippen molar-refractivity contribution in [2.45, 2.75) is 101 Å². The quantitative estimate of drug-likeness (QED) is 0.128. The molecule has 15 nitrogen and oxygen atoms in total. The summed E-state index contributed by atoms with van der Waals surface area (Å²) in [7, 11) is 1.53. The predicted molar refractivity (Wildman–Crippen MR) is 195 cm³/mol. The van der Waals surface area contributed by atoms with E-state index >= 15 is 4.79 Å². The van der Waals surface area contributed by atoms with Gasteiger partial charge in [-0.05, 0) is 50.0 Å². The zero-order valence-electron chi connectivity index (χ0n) is 31.6. The lowest BCUT2D eigenvalue weighted by Crippen LogP contribution is -2.70. The van der Waals surface area contributed by atoms with Crippen LogP contribution in [0.4, 0.5) is 0 Å². The van der Waals surface area contributed by atoms with Crippen LogP contribution in [-0.2, 0) is 60.7 Å². The number of hydrogen-bond donors (Lipinski definition) is 3. The zero-order chi connectivity index (χ0) is 39.3. The first kappa shape index (κ1) is 40.3. The van der Waals surface area contributed by atoms with Gasteiger partial charge in [-0.2, -0.15) is 5.06 Å². The Hall–Kier alpha value is -4.38. The van der Waals surface area contributed by atoms with Crippen molar-refractivity contribution in [1.82, 2.24) is 15.3 Å². The number of hydroxylamine groups is 2. The molecule has 1 saturated carbocycles. The molecule has 4 aliphatic rings. The normalized spacial score (nSPS) is 26.9. The van der Waals surface area contributed by atoms with E-state index in [2.05, 4.69) is 5.32 Å². The number of ether oxygens (including phenoxy) is 5. The van der Waals surface area contributed by atoms with Crippen molar-refractivity contribution in [2.24, 2.45) is 5.41 Å². The molecule has 4 fully saturated rings. The third-order valence-electron chi connectivity index (χ3n) is 10.4. The molecule has 3 saturated heterocycles. The van der Waals surface area contributed by atoms with Crippen LogP contribution in [0.5, 0.6) is 0 Å². The van der Waals surface area contributed by atoms with Crippen molar-refractivity contribution in [2.75, 3.05) is 33.7 Å². The first-order valence-electron chi connectivity index (χ1n) is 18.6. The van der Waals surface area contributed by atoms with Gasteiger partial charge in [0, 0.05) is 26.3 Å². The molecule has 2 aromatic rings. The molecule has 3 N–H and O–H groups in total. The molecule has 2 bridgehead atoms. The largest absolute Gasteiger partial charge is 0.499 e.